The third kappa shape index (κ3) is 5.86. The zero-order valence-corrected chi connectivity index (χ0v) is 12.1. The molecule has 6 nitrogen and oxygen atoms in total. The second-order valence-electron chi connectivity index (χ2n) is 5.01. The molecule has 1 rings (SSSR count). The van der Waals surface area contributed by atoms with Gasteiger partial charge >= 0.3 is 0 Å². The van der Waals surface area contributed by atoms with Crippen molar-refractivity contribution in [2.45, 2.75) is 18.9 Å². The lowest BCUT2D eigenvalue weighted by Gasteiger charge is -2.37. The number of likely N-dealkylation sites (tertiary alicyclic amines) is 1. The Morgan fingerprint density at radius 2 is 2.16 bits per heavy atom. The van der Waals surface area contributed by atoms with Crippen LogP contribution in [0.15, 0.2) is 0 Å². The van der Waals surface area contributed by atoms with E-state index in [0.29, 0.717) is 26.2 Å². The van der Waals surface area contributed by atoms with Crippen LogP contribution in [0.25, 0.3) is 0 Å². The van der Waals surface area contributed by atoms with E-state index in [1.165, 1.54) is 0 Å². The summed E-state index contributed by atoms with van der Waals surface area (Å²) in [6.45, 7) is 4.06. The normalized spacial score (nSPS) is 17.6. The first-order valence-corrected chi connectivity index (χ1v) is 6.97. The molecule has 2 N–H and O–H groups in total. The minimum atomic E-state index is 0.0240. The summed E-state index contributed by atoms with van der Waals surface area (Å²) in [7, 11) is 3.74. The second kappa shape index (κ2) is 9.25. The van der Waals surface area contributed by atoms with Crippen LogP contribution in [-0.4, -0.2) is 87.0 Å². The van der Waals surface area contributed by atoms with Crippen LogP contribution < -0.4 is 5.32 Å². The van der Waals surface area contributed by atoms with E-state index in [1.54, 1.807) is 7.11 Å². The molecule has 19 heavy (non-hydrogen) atoms. The van der Waals surface area contributed by atoms with Gasteiger partial charge in [0.25, 0.3) is 0 Å². The Morgan fingerprint density at radius 1 is 1.47 bits per heavy atom. The van der Waals surface area contributed by atoms with Gasteiger partial charge in [0.15, 0.2) is 0 Å². The molecule has 0 aromatic carbocycles. The molecule has 6 heteroatoms. The lowest BCUT2D eigenvalue weighted by atomic mass is 10.0. The summed E-state index contributed by atoms with van der Waals surface area (Å²) in [6.07, 6.45) is 1.97. The monoisotopic (exact) mass is 273 g/mol. The number of aliphatic hydroxyl groups excluding tert-OH is 1. The topological polar surface area (TPSA) is 65.0 Å². The maximum Gasteiger partial charge on any atom is 0.236 e. The van der Waals surface area contributed by atoms with Crippen LogP contribution in [0.1, 0.15) is 12.8 Å². The molecule has 0 atom stereocenters. The first-order valence-electron chi connectivity index (χ1n) is 6.97. The van der Waals surface area contributed by atoms with E-state index in [4.69, 9.17) is 9.84 Å². The van der Waals surface area contributed by atoms with Crippen molar-refractivity contribution in [3.8, 4) is 0 Å². The average Bonchev–Trinajstić information content (AvgIpc) is 2.42. The molecule has 1 aliphatic heterocycles. The Labute approximate surface area is 115 Å². The summed E-state index contributed by atoms with van der Waals surface area (Å²) in [5, 5.41) is 12.2. The zero-order chi connectivity index (χ0) is 14.1. The number of ether oxygens (including phenoxy) is 1. The number of rotatable bonds is 8. The average molecular weight is 273 g/mol. The fourth-order valence-electron chi connectivity index (χ4n) is 2.40. The summed E-state index contributed by atoms with van der Waals surface area (Å²) in [5.41, 5.74) is 0. The van der Waals surface area contributed by atoms with E-state index in [2.05, 4.69) is 17.3 Å². The summed E-state index contributed by atoms with van der Waals surface area (Å²) in [6, 6.07) is 0.264. The van der Waals surface area contributed by atoms with Gasteiger partial charge in [0.1, 0.15) is 0 Å². The first-order chi connectivity index (χ1) is 9.19. The minimum absolute atomic E-state index is 0.0240. The van der Waals surface area contributed by atoms with Gasteiger partial charge < -0.3 is 25.0 Å². The van der Waals surface area contributed by atoms with E-state index < -0.39 is 0 Å². The Hall–Kier alpha value is -0.690. The van der Waals surface area contributed by atoms with Gasteiger partial charge in [0.05, 0.1) is 19.8 Å². The maximum atomic E-state index is 12.2. The van der Waals surface area contributed by atoms with Gasteiger partial charge in [0, 0.05) is 26.2 Å². The number of carbonyl (C=O) groups is 1. The number of carbonyl (C=O) groups excluding carboxylic acids is 1. The fourth-order valence-corrected chi connectivity index (χ4v) is 2.40. The van der Waals surface area contributed by atoms with Crippen molar-refractivity contribution in [2.75, 3.05) is 60.1 Å². The largest absolute Gasteiger partial charge is 0.395 e. The van der Waals surface area contributed by atoms with Gasteiger partial charge in [-0.05, 0) is 33.0 Å². The predicted octanol–water partition coefficient (Wildman–Crippen LogP) is -0.862. The molecule has 1 saturated heterocycles. The number of aliphatic hydroxyl groups is 1. The molecule has 0 aliphatic carbocycles. The van der Waals surface area contributed by atoms with Gasteiger partial charge in [-0.25, -0.2) is 0 Å². The zero-order valence-electron chi connectivity index (χ0n) is 12.1. The quantitative estimate of drug-likeness (QED) is 0.563. The number of piperidine rings is 1. The number of amides is 1. The Balaban J connectivity index is 2.39. The van der Waals surface area contributed by atoms with Gasteiger partial charge in [-0.1, -0.05) is 0 Å². The van der Waals surface area contributed by atoms with Gasteiger partial charge in [-0.3, -0.25) is 4.79 Å². The fraction of sp³-hybridized carbons (Fsp3) is 0.923. The van der Waals surface area contributed by atoms with Crippen LogP contribution in [0.3, 0.4) is 0 Å². The van der Waals surface area contributed by atoms with Crippen molar-refractivity contribution in [1.29, 1.82) is 0 Å². The van der Waals surface area contributed by atoms with Crippen molar-refractivity contribution in [2.24, 2.45) is 0 Å². The Morgan fingerprint density at radius 3 is 2.74 bits per heavy atom. The van der Waals surface area contributed by atoms with Crippen molar-refractivity contribution >= 4 is 5.91 Å². The number of hydrogen-bond acceptors (Lipinski definition) is 5. The molecular formula is C13H27N3O3. The molecule has 0 unspecified atom stereocenters. The van der Waals surface area contributed by atoms with Crippen molar-refractivity contribution < 1.29 is 14.6 Å². The molecule has 112 valence electrons. The molecule has 0 aromatic heterocycles. The third-order valence-corrected chi connectivity index (χ3v) is 3.55. The molecule has 0 spiro atoms. The van der Waals surface area contributed by atoms with Crippen LogP contribution >= 0.6 is 0 Å². The van der Waals surface area contributed by atoms with E-state index >= 15 is 0 Å². The number of nitrogens with one attached hydrogen (secondary N) is 1. The van der Waals surface area contributed by atoms with Crippen molar-refractivity contribution in [3.63, 3.8) is 0 Å². The first kappa shape index (κ1) is 16.4. The summed E-state index contributed by atoms with van der Waals surface area (Å²) in [5.74, 6) is 0.0692. The molecule has 0 bridgehead atoms. The van der Waals surface area contributed by atoms with E-state index in [0.717, 1.165) is 25.9 Å². The highest BCUT2D eigenvalue weighted by molar-refractivity contribution is 5.78. The predicted molar refractivity (Wildman–Crippen MR) is 74.1 cm³/mol. The molecule has 0 radical (unpaired) electrons. The SMILES string of the molecule is COCCNCC(=O)N(CCO)C1CCN(C)CC1. The number of nitrogens with zero attached hydrogens (tertiary/aromatic N) is 2. The highest BCUT2D eigenvalue weighted by Gasteiger charge is 2.25. The molecule has 1 fully saturated rings. The van der Waals surface area contributed by atoms with E-state index in [-0.39, 0.29) is 18.6 Å². The summed E-state index contributed by atoms with van der Waals surface area (Å²) < 4.78 is 4.93. The molecule has 0 aromatic rings. The third-order valence-electron chi connectivity index (χ3n) is 3.55. The second-order valence-corrected chi connectivity index (χ2v) is 5.01. The standard InChI is InChI=1S/C13H27N3O3/c1-15-6-3-12(4-7-15)16(8-9-17)13(18)11-14-5-10-19-2/h12,14,17H,3-11H2,1-2H3. The lowest BCUT2D eigenvalue weighted by Crippen LogP contribution is -2.50. The smallest absolute Gasteiger partial charge is 0.236 e. The molecule has 1 amide bonds. The van der Waals surface area contributed by atoms with Crippen LogP contribution in [-0.2, 0) is 9.53 Å². The van der Waals surface area contributed by atoms with Gasteiger partial charge in [-0.15, -0.1) is 0 Å². The highest BCUT2D eigenvalue weighted by Crippen LogP contribution is 2.15. The molecule has 1 heterocycles. The number of methoxy groups -OCH3 is 1. The van der Waals surface area contributed by atoms with Crippen LogP contribution in [0.4, 0.5) is 0 Å². The van der Waals surface area contributed by atoms with Crippen molar-refractivity contribution in [3.05, 3.63) is 0 Å². The molecule has 1 aliphatic rings. The number of hydrogen-bond donors (Lipinski definition) is 2. The van der Waals surface area contributed by atoms with Gasteiger partial charge in [-0.2, -0.15) is 0 Å². The molecular weight excluding hydrogens is 246 g/mol. The maximum absolute atomic E-state index is 12.2. The Kier molecular flexibility index (Phi) is 7.97. The highest BCUT2D eigenvalue weighted by atomic mass is 16.5. The van der Waals surface area contributed by atoms with Crippen LogP contribution in [0, 0.1) is 0 Å². The van der Waals surface area contributed by atoms with E-state index in [9.17, 15) is 4.79 Å². The lowest BCUT2D eigenvalue weighted by molar-refractivity contribution is -0.134. The Bertz CT molecular complexity index is 256. The van der Waals surface area contributed by atoms with Gasteiger partial charge in [0.2, 0.25) is 5.91 Å². The van der Waals surface area contributed by atoms with E-state index in [1.807, 2.05) is 4.90 Å². The van der Waals surface area contributed by atoms with Crippen LogP contribution in [0.2, 0.25) is 0 Å². The summed E-state index contributed by atoms with van der Waals surface area (Å²) in [4.78, 5) is 16.3. The minimum Gasteiger partial charge on any atom is -0.395 e. The van der Waals surface area contributed by atoms with Crippen molar-refractivity contribution in [1.82, 2.24) is 15.1 Å². The molecule has 0 saturated carbocycles. The summed E-state index contributed by atoms with van der Waals surface area (Å²) >= 11 is 0. The van der Waals surface area contributed by atoms with Crippen LogP contribution in [0.5, 0.6) is 0 Å².